The van der Waals surface area contributed by atoms with Crippen LogP contribution in [0.3, 0.4) is 0 Å². The van der Waals surface area contributed by atoms with Crippen molar-refractivity contribution in [2.24, 2.45) is 0 Å². The maximum Gasteiger partial charge on any atom is 0.324 e. The van der Waals surface area contributed by atoms with Crippen molar-refractivity contribution < 1.29 is 9.53 Å². The van der Waals surface area contributed by atoms with Crippen LogP contribution in [0, 0.1) is 6.92 Å². The van der Waals surface area contributed by atoms with Gasteiger partial charge in [-0.05, 0) is 37.1 Å². The number of nitrogens with one attached hydrogen (secondary N) is 2. The van der Waals surface area contributed by atoms with Crippen LogP contribution in [0.5, 0.6) is 11.6 Å². The van der Waals surface area contributed by atoms with Crippen LogP contribution in [0.4, 0.5) is 16.3 Å². The molecule has 3 aromatic carbocycles. The van der Waals surface area contributed by atoms with E-state index >= 15 is 0 Å². The Balaban J connectivity index is 1.42. The van der Waals surface area contributed by atoms with Gasteiger partial charge in [-0.3, -0.25) is 5.32 Å². The van der Waals surface area contributed by atoms with Gasteiger partial charge in [-0.2, -0.15) is 5.10 Å². The standard InChI is InChI=1S/C28H26N6O2/c1-18(2)24-16-26(34(33-24)20-10-8-19(3)9-11-20)32-28(35)31-23-12-13-25(22-7-5-4-6-21(22)23)36-27-14-15-29-17-30-27/h4-18H,1-3H3,(H2,31,32,35). The molecule has 36 heavy (non-hydrogen) atoms. The molecule has 2 heterocycles. The maximum atomic E-state index is 13.1. The fraction of sp³-hybridized carbons (Fsp3) is 0.143. The average molecular weight is 479 g/mol. The zero-order valence-corrected chi connectivity index (χ0v) is 20.3. The minimum atomic E-state index is -0.367. The summed E-state index contributed by atoms with van der Waals surface area (Å²) in [6.07, 6.45) is 3.06. The molecule has 0 bridgehead atoms. The van der Waals surface area contributed by atoms with Gasteiger partial charge in [0, 0.05) is 29.1 Å². The third kappa shape index (κ3) is 4.88. The summed E-state index contributed by atoms with van der Waals surface area (Å²) in [6, 6.07) is 22.6. The summed E-state index contributed by atoms with van der Waals surface area (Å²) in [5, 5.41) is 12.4. The van der Waals surface area contributed by atoms with Gasteiger partial charge >= 0.3 is 6.03 Å². The second-order valence-electron chi connectivity index (χ2n) is 8.74. The number of benzene rings is 3. The lowest BCUT2D eigenvalue weighted by Crippen LogP contribution is -2.21. The Morgan fingerprint density at radius 3 is 2.44 bits per heavy atom. The number of aryl methyl sites for hydroxylation is 1. The predicted octanol–water partition coefficient (Wildman–Crippen LogP) is 6.68. The van der Waals surface area contributed by atoms with Gasteiger partial charge in [0.1, 0.15) is 17.9 Å². The number of rotatable bonds is 6. The van der Waals surface area contributed by atoms with E-state index in [1.54, 1.807) is 16.9 Å². The fourth-order valence-corrected chi connectivity index (χ4v) is 3.84. The summed E-state index contributed by atoms with van der Waals surface area (Å²) in [7, 11) is 0. The second-order valence-corrected chi connectivity index (χ2v) is 8.74. The normalized spacial score (nSPS) is 11.0. The van der Waals surface area contributed by atoms with Gasteiger partial charge in [0.05, 0.1) is 17.1 Å². The largest absolute Gasteiger partial charge is 0.438 e. The Morgan fingerprint density at radius 1 is 0.944 bits per heavy atom. The molecule has 8 nitrogen and oxygen atoms in total. The van der Waals surface area contributed by atoms with Crippen LogP contribution in [0.2, 0.25) is 0 Å². The van der Waals surface area contributed by atoms with E-state index in [1.165, 1.54) is 6.33 Å². The van der Waals surface area contributed by atoms with Gasteiger partial charge in [0.15, 0.2) is 0 Å². The minimum absolute atomic E-state index is 0.215. The highest BCUT2D eigenvalue weighted by atomic mass is 16.5. The molecule has 0 fully saturated rings. The Bertz CT molecular complexity index is 1510. The zero-order chi connectivity index (χ0) is 25.1. The highest BCUT2D eigenvalue weighted by Crippen LogP contribution is 2.34. The van der Waals surface area contributed by atoms with Crippen molar-refractivity contribution in [3.63, 3.8) is 0 Å². The average Bonchev–Trinajstić information content (AvgIpc) is 3.30. The summed E-state index contributed by atoms with van der Waals surface area (Å²) in [5.41, 5.74) is 3.58. The molecule has 8 heteroatoms. The van der Waals surface area contributed by atoms with E-state index in [1.807, 2.05) is 73.7 Å². The molecule has 0 radical (unpaired) electrons. The quantitative estimate of drug-likeness (QED) is 0.284. The number of nitrogens with zero attached hydrogens (tertiary/aromatic N) is 4. The van der Waals surface area contributed by atoms with Crippen molar-refractivity contribution in [1.29, 1.82) is 0 Å². The Kier molecular flexibility index (Phi) is 6.32. The number of carbonyl (C=O) groups excluding carboxylic acids is 1. The van der Waals surface area contributed by atoms with Crippen molar-refractivity contribution in [2.75, 3.05) is 10.6 Å². The summed E-state index contributed by atoms with van der Waals surface area (Å²) in [6.45, 7) is 6.18. The van der Waals surface area contributed by atoms with Crippen molar-refractivity contribution >= 4 is 28.3 Å². The van der Waals surface area contributed by atoms with Crippen molar-refractivity contribution in [3.8, 4) is 17.3 Å². The van der Waals surface area contributed by atoms with Crippen molar-refractivity contribution in [1.82, 2.24) is 19.7 Å². The molecule has 0 aliphatic heterocycles. The molecule has 0 aliphatic carbocycles. The Morgan fingerprint density at radius 2 is 1.72 bits per heavy atom. The molecule has 0 saturated carbocycles. The number of aromatic nitrogens is 4. The number of anilines is 2. The van der Waals surface area contributed by atoms with Crippen LogP contribution >= 0.6 is 0 Å². The van der Waals surface area contributed by atoms with E-state index in [-0.39, 0.29) is 11.9 Å². The maximum absolute atomic E-state index is 13.1. The lowest BCUT2D eigenvalue weighted by molar-refractivity contribution is 0.262. The molecule has 0 spiro atoms. The monoisotopic (exact) mass is 478 g/mol. The number of urea groups is 1. The van der Waals surface area contributed by atoms with Crippen LogP contribution < -0.4 is 15.4 Å². The van der Waals surface area contributed by atoms with Gasteiger partial charge in [-0.25, -0.2) is 19.4 Å². The molecule has 5 rings (SSSR count). The number of hydrogen-bond donors (Lipinski definition) is 2. The SMILES string of the molecule is Cc1ccc(-n2nc(C(C)C)cc2NC(=O)Nc2ccc(Oc3ccncn3)c3ccccc23)cc1. The summed E-state index contributed by atoms with van der Waals surface area (Å²) < 4.78 is 7.71. The van der Waals surface area contributed by atoms with Gasteiger partial charge in [-0.15, -0.1) is 0 Å². The lowest BCUT2D eigenvalue weighted by atomic mass is 10.1. The number of hydrogen-bond acceptors (Lipinski definition) is 5. The third-order valence-electron chi connectivity index (χ3n) is 5.74. The minimum Gasteiger partial charge on any atom is -0.438 e. The first-order valence-electron chi connectivity index (χ1n) is 11.7. The fourth-order valence-electron chi connectivity index (χ4n) is 3.84. The second kappa shape index (κ2) is 9.87. The molecule has 0 aliphatic rings. The molecular weight excluding hydrogens is 452 g/mol. The summed E-state index contributed by atoms with van der Waals surface area (Å²) >= 11 is 0. The number of ether oxygens (including phenoxy) is 1. The van der Waals surface area contributed by atoms with E-state index in [0.717, 1.165) is 27.7 Å². The zero-order valence-electron chi connectivity index (χ0n) is 20.3. The molecule has 2 N–H and O–H groups in total. The molecule has 180 valence electrons. The first-order chi connectivity index (χ1) is 17.5. The Labute approximate surface area is 209 Å². The van der Waals surface area contributed by atoms with Crippen LogP contribution in [-0.2, 0) is 0 Å². The first kappa shape index (κ1) is 23.0. The topological polar surface area (TPSA) is 94.0 Å². The van der Waals surface area contributed by atoms with Gasteiger partial charge in [0.25, 0.3) is 0 Å². The van der Waals surface area contributed by atoms with Gasteiger partial charge < -0.3 is 10.1 Å². The molecule has 0 atom stereocenters. The number of carbonyl (C=O) groups is 1. The summed E-state index contributed by atoms with van der Waals surface area (Å²) in [4.78, 5) is 21.2. The molecule has 0 unspecified atom stereocenters. The van der Waals surface area contributed by atoms with Crippen molar-refractivity contribution in [3.05, 3.63) is 96.6 Å². The molecule has 0 saturated heterocycles. The molecule has 2 amide bonds. The van der Waals surface area contributed by atoms with Gasteiger partial charge in [-0.1, -0.05) is 55.8 Å². The number of amides is 2. The van der Waals surface area contributed by atoms with E-state index in [0.29, 0.717) is 23.1 Å². The van der Waals surface area contributed by atoms with Crippen LogP contribution in [0.15, 0.2) is 85.3 Å². The third-order valence-corrected chi connectivity index (χ3v) is 5.74. The molecule has 2 aromatic heterocycles. The van der Waals surface area contributed by atoms with Crippen LogP contribution in [0.1, 0.15) is 31.0 Å². The lowest BCUT2D eigenvalue weighted by Gasteiger charge is -2.14. The highest BCUT2D eigenvalue weighted by Gasteiger charge is 2.16. The van der Waals surface area contributed by atoms with E-state index in [9.17, 15) is 4.79 Å². The number of fused-ring (bicyclic) bond motifs is 1. The smallest absolute Gasteiger partial charge is 0.324 e. The van der Waals surface area contributed by atoms with Gasteiger partial charge in [0.2, 0.25) is 5.88 Å². The Hall–Kier alpha value is -4.72. The van der Waals surface area contributed by atoms with E-state index in [2.05, 4.69) is 34.4 Å². The van der Waals surface area contributed by atoms with Crippen molar-refractivity contribution in [2.45, 2.75) is 26.7 Å². The molecular formula is C28H26N6O2. The summed E-state index contributed by atoms with van der Waals surface area (Å²) in [5.74, 6) is 1.88. The van der Waals surface area contributed by atoms with E-state index in [4.69, 9.17) is 9.84 Å². The molecule has 5 aromatic rings. The van der Waals surface area contributed by atoms with Crippen LogP contribution in [0.25, 0.3) is 16.5 Å². The predicted molar refractivity (Wildman–Crippen MR) is 141 cm³/mol. The first-order valence-corrected chi connectivity index (χ1v) is 11.7. The van der Waals surface area contributed by atoms with E-state index < -0.39 is 0 Å². The van der Waals surface area contributed by atoms with Crippen LogP contribution in [-0.4, -0.2) is 25.8 Å². The highest BCUT2D eigenvalue weighted by molar-refractivity contribution is 6.07.